The number of nitrogens with zero attached hydrogens (tertiary/aromatic N) is 4. The molecule has 0 spiro atoms. The summed E-state index contributed by atoms with van der Waals surface area (Å²) in [6.45, 7) is 4.34. The molecule has 1 unspecified atom stereocenters. The summed E-state index contributed by atoms with van der Waals surface area (Å²) in [5.74, 6) is -0.680. The van der Waals surface area contributed by atoms with Crippen LogP contribution in [0.2, 0.25) is 0 Å². The molecular formula is C23H26N4O3. The van der Waals surface area contributed by atoms with Crippen molar-refractivity contribution >= 4 is 22.9 Å². The summed E-state index contributed by atoms with van der Waals surface area (Å²) in [5, 5.41) is 5.07. The van der Waals surface area contributed by atoms with Crippen molar-refractivity contribution in [2.24, 2.45) is 7.05 Å². The van der Waals surface area contributed by atoms with Crippen LogP contribution in [0.5, 0.6) is 0 Å². The molecule has 0 radical (unpaired) electrons. The number of rotatable bonds is 4. The van der Waals surface area contributed by atoms with Gasteiger partial charge >= 0.3 is 5.97 Å². The first-order valence-electron chi connectivity index (χ1n) is 10.3. The lowest BCUT2D eigenvalue weighted by Crippen LogP contribution is -2.44. The molecule has 2 aromatic heterocycles. The van der Waals surface area contributed by atoms with E-state index in [4.69, 9.17) is 9.72 Å². The molecule has 1 aromatic carbocycles. The molecule has 30 heavy (non-hydrogen) atoms. The Balaban J connectivity index is 1.63. The Hall–Kier alpha value is -3.22. The second kappa shape index (κ2) is 8.26. The number of carbonyl (C=O) groups is 2. The molecule has 0 N–H and O–H groups in total. The lowest BCUT2D eigenvalue weighted by atomic mass is 10.0. The Bertz CT molecular complexity index is 1090. The van der Waals surface area contributed by atoms with Gasteiger partial charge < -0.3 is 9.64 Å². The lowest BCUT2D eigenvalue weighted by molar-refractivity contribution is -0.137. The minimum Gasteiger partial charge on any atom is -0.452 e. The average molecular weight is 406 g/mol. The van der Waals surface area contributed by atoms with Gasteiger partial charge in [0.2, 0.25) is 0 Å². The fourth-order valence-corrected chi connectivity index (χ4v) is 4.12. The van der Waals surface area contributed by atoms with Crippen LogP contribution < -0.4 is 0 Å². The number of carbonyl (C=O) groups excluding carboxylic acids is 2. The van der Waals surface area contributed by atoms with Gasteiger partial charge in [-0.2, -0.15) is 5.10 Å². The summed E-state index contributed by atoms with van der Waals surface area (Å²) >= 11 is 0. The van der Waals surface area contributed by atoms with Crippen molar-refractivity contribution in [2.45, 2.75) is 39.2 Å². The van der Waals surface area contributed by atoms with Gasteiger partial charge in [-0.25, -0.2) is 9.78 Å². The lowest BCUT2D eigenvalue weighted by Gasteiger charge is -2.33. The van der Waals surface area contributed by atoms with Crippen molar-refractivity contribution in [1.29, 1.82) is 0 Å². The third-order valence-electron chi connectivity index (χ3n) is 5.71. The standard InChI is InChI=1S/C23H26N4O3/c1-15-9-7-8-12-27(15)20(28)14-30-23(29)18-13-19(17-10-5-4-6-11-17)24-22-21(18)16(2)25-26(22)3/h4-6,10-11,13,15H,7-9,12,14H2,1-3H3. The maximum Gasteiger partial charge on any atom is 0.339 e. The van der Waals surface area contributed by atoms with Crippen LogP contribution >= 0.6 is 0 Å². The molecule has 7 nitrogen and oxygen atoms in total. The second-order valence-electron chi connectivity index (χ2n) is 7.84. The summed E-state index contributed by atoms with van der Waals surface area (Å²) in [4.78, 5) is 32.1. The summed E-state index contributed by atoms with van der Waals surface area (Å²) in [6.07, 6.45) is 3.10. The molecule has 1 saturated heterocycles. The minimum atomic E-state index is -0.534. The van der Waals surface area contributed by atoms with Gasteiger partial charge in [-0.1, -0.05) is 30.3 Å². The van der Waals surface area contributed by atoms with Crippen molar-refractivity contribution < 1.29 is 14.3 Å². The molecule has 1 atom stereocenters. The number of aryl methyl sites for hydroxylation is 2. The number of fused-ring (bicyclic) bond motifs is 1. The van der Waals surface area contributed by atoms with Crippen LogP contribution in [0.25, 0.3) is 22.3 Å². The molecule has 1 fully saturated rings. The van der Waals surface area contributed by atoms with E-state index in [1.165, 1.54) is 0 Å². The molecule has 1 aliphatic heterocycles. The fraction of sp³-hybridized carbons (Fsp3) is 0.391. The van der Waals surface area contributed by atoms with Crippen LogP contribution in [-0.2, 0) is 16.6 Å². The highest BCUT2D eigenvalue weighted by Gasteiger charge is 2.25. The third kappa shape index (κ3) is 3.79. The summed E-state index contributed by atoms with van der Waals surface area (Å²) in [6, 6.07) is 11.6. The monoisotopic (exact) mass is 406 g/mol. The van der Waals surface area contributed by atoms with Crippen LogP contribution in [-0.4, -0.2) is 50.7 Å². The zero-order chi connectivity index (χ0) is 21.3. The van der Waals surface area contributed by atoms with Gasteiger partial charge in [-0.15, -0.1) is 0 Å². The van der Waals surface area contributed by atoms with Crippen LogP contribution in [0.3, 0.4) is 0 Å². The fourth-order valence-electron chi connectivity index (χ4n) is 4.12. The summed E-state index contributed by atoms with van der Waals surface area (Å²) in [7, 11) is 1.80. The predicted molar refractivity (Wildman–Crippen MR) is 114 cm³/mol. The Morgan fingerprint density at radius 3 is 2.70 bits per heavy atom. The van der Waals surface area contributed by atoms with E-state index in [0.717, 1.165) is 31.4 Å². The molecule has 156 valence electrons. The van der Waals surface area contributed by atoms with Crippen molar-refractivity contribution in [2.75, 3.05) is 13.2 Å². The summed E-state index contributed by atoms with van der Waals surface area (Å²) < 4.78 is 7.12. The number of hydrogen-bond acceptors (Lipinski definition) is 5. The SMILES string of the molecule is Cc1nn(C)c2nc(-c3ccccc3)cc(C(=O)OCC(=O)N3CCCCC3C)c12. The first-order chi connectivity index (χ1) is 14.5. The zero-order valence-electron chi connectivity index (χ0n) is 17.6. The molecule has 1 amide bonds. The highest BCUT2D eigenvalue weighted by Crippen LogP contribution is 2.27. The molecule has 7 heteroatoms. The molecule has 4 rings (SSSR count). The van der Waals surface area contributed by atoms with Gasteiger partial charge in [-0.3, -0.25) is 9.48 Å². The van der Waals surface area contributed by atoms with E-state index >= 15 is 0 Å². The van der Waals surface area contributed by atoms with Gasteiger partial charge in [0, 0.05) is 25.2 Å². The Morgan fingerprint density at radius 2 is 1.97 bits per heavy atom. The molecule has 0 bridgehead atoms. The van der Waals surface area contributed by atoms with Gasteiger partial charge in [0.25, 0.3) is 5.91 Å². The van der Waals surface area contributed by atoms with Gasteiger partial charge in [0.05, 0.1) is 22.3 Å². The smallest absolute Gasteiger partial charge is 0.339 e. The quantitative estimate of drug-likeness (QED) is 0.620. The minimum absolute atomic E-state index is 0.146. The van der Waals surface area contributed by atoms with Crippen LogP contribution in [0.1, 0.15) is 42.2 Å². The number of aromatic nitrogens is 3. The van der Waals surface area contributed by atoms with Crippen molar-refractivity contribution in [1.82, 2.24) is 19.7 Å². The molecule has 3 heterocycles. The second-order valence-corrected chi connectivity index (χ2v) is 7.84. The maximum atomic E-state index is 13.0. The highest BCUT2D eigenvalue weighted by molar-refractivity contribution is 6.05. The number of piperidine rings is 1. The van der Waals surface area contributed by atoms with Crippen molar-refractivity contribution in [3.8, 4) is 11.3 Å². The van der Waals surface area contributed by atoms with Gasteiger partial charge in [0.15, 0.2) is 12.3 Å². The third-order valence-corrected chi connectivity index (χ3v) is 5.71. The molecule has 1 aliphatic rings. The van der Waals surface area contributed by atoms with Crippen LogP contribution in [0.4, 0.5) is 0 Å². The molecular weight excluding hydrogens is 380 g/mol. The number of benzene rings is 1. The first-order valence-corrected chi connectivity index (χ1v) is 10.3. The number of likely N-dealkylation sites (tertiary alicyclic amines) is 1. The average Bonchev–Trinajstić information content (AvgIpc) is 3.05. The van der Waals surface area contributed by atoms with E-state index < -0.39 is 5.97 Å². The molecule has 0 aliphatic carbocycles. The van der Waals surface area contributed by atoms with Crippen molar-refractivity contribution in [3.63, 3.8) is 0 Å². The maximum absolute atomic E-state index is 13.0. The number of pyridine rings is 1. The number of hydrogen-bond donors (Lipinski definition) is 0. The molecule has 0 saturated carbocycles. The first kappa shape index (κ1) is 20.1. The Labute approximate surface area is 175 Å². The number of amides is 1. The van der Waals surface area contributed by atoms with E-state index in [1.807, 2.05) is 49.1 Å². The van der Waals surface area contributed by atoms with Crippen molar-refractivity contribution in [3.05, 3.63) is 47.7 Å². The molecule has 3 aromatic rings. The van der Waals surface area contributed by atoms with E-state index in [-0.39, 0.29) is 18.6 Å². The van der Waals surface area contributed by atoms with Crippen LogP contribution in [0.15, 0.2) is 36.4 Å². The van der Waals surface area contributed by atoms with E-state index in [1.54, 1.807) is 17.8 Å². The summed E-state index contributed by atoms with van der Waals surface area (Å²) in [5.41, 5.74) is 3.24. The Kier molecular flexibility index (Phi) is 5.53. The number of esters is 1. The predicted octanol–water partition coefficient (Wildman–Crippen LogP) is 3.50. The van der Waals surface area contributed by atoms with Crippen LogP contribution in [0, 0.1) is 6.92 Å². The zero-order valence-corrected chi connectivity index (χ0v) is 17.6. The van der Waals surface area contributed by atoms with E-state index in [9.17, 15) is 9.59 Å². The van der Waals surface area contributed by atoms with Gasteiger partial charge in [0.1, 0.15) is 0 Å². The largest absolute Gasteiger partial charge is 0.452 e. The van der Waals surface area contributed by atoms with E-state index in [0.29, 0.717) is 28.0 Å². The normalized spacial score (nSPS) is 16.6. The number of ether oxygens (including phenoxy) is 1. The highest BCUT2D eigenvalue weighted by atomic mass is 16.5. The van der Waals surface area contributed by atoms with Gasteiger partial charge in [-0.05, 0) is 39.2 Å². The topological polar surface area (TPSA) is 77.3 Å². The van der Waals surface area contributed by atoms with E-state index in [2.05, 4.69) is 5.10 Å². The Morgan fingerprint density at radius 1 is 1.20 bits per heavy atom.